The summed E-state index contributed by atoms with van der Waals surface area (Å²) in [6, 6.07) is 12.6. The predicted molar refractivity (Wildman–Crippen MR) is 96.2 cm³/mol. The predicted octanol–water partition coefficient (Wildman–Crippen LogP) is 2.99. The van der Waals surface area contributed by atoms with Crippen LogP contribution >= 0.6 is 11.6 Å². The zero-order valence-electron chi connectivity index (χ0n) is 12.6. The van der Waals surface area contributed by atoms with Gasteiger partial charge in [-0.3, -0.25) is 4.55 Å². The number of nitrogens with two attached hydrogens (primary N) is 1. The summed E-state index contributed by atoms with van der Waals surface area (Å²) in [4.78, 5) is -0.240. The van der Waals surface area contributed by atoms with E-state index in [4.69, 9.17) is 16.7 Å². The Morgan fingerprint density at radius 1 is 1.21 bits per heavy atom. The van der Waals surface area contributed by atoms with Crippen LogP contribution in [0.25, 0.3) is 6.08 Å². The van der Waals surface area contributed by atoms with Crippen molar-refractivity contribution in [1.82, 2.24) is 0 Å². The second kappa shape index (κ2) is 7.45. The van der Waals surface area contributed by atoms with Gasteiger partial charge in [-0.1, -0.05) is 35.9 Å². The molecule has 0 saturated carbocycles. The molecular weight excluding hydrogens is 372 g/mol. The van der Waals surface area contributed by atoms with Crippen molar-refractivity contribution in [3.8, 4) is 0 Å². The van der Waals surface area contributed by atoms with Crippen molar-refractivity contribution in [2.24, 2.45) is 5.14 Å². The number of halogens is 1. The molecule has 2 aromatic carbocycles. The summed E-state index contributed by atoms with van der Waals surface area (Å²) in [6.45, 7) is 1.59. The average molecular weight is 387 g/mol. The Kier molecular flexibility index (Phi) is 5.79. The summed E-state index contributed by atoms with van der Waals surface area (Å²) in [7, 11) is -4.06. The third-order valence-corrected chi connectivity index (χ3v) is 5.12. The van der Waals surface area contributed by atoms with E-state index in [9.17, 15) is 17.2 Å². The molecule has 24 heavy (non-hydrogen) atoms. The van der Waals surface area contributed by atoms with E-state index >= 15 is 0 Å². The average Bonchev–Trinajstić information content (AvgIpc) is 2.49. The first-order valence-electron chi connectivity index (χ1n) is 6.67. The Morgan fingerprint density at radius 2 is 1.79 bits per heavy atom. The topological polar surface area (TPSA) is 101 Å². The second-order valence-corrected chi connectivity index (χ2v) is 7.67. The van der Waals surface area contributed by atoms with Gasteiger partial charge in [0.1, 0.15) is 4.90 Å². The van der Waals surface area contributed by atoms with Gasteiger partial charge in [0, 0.05) is 10.7 Å². The van der Waals surface area contributed by atoms with Crippen LogP contribution in [0.3, 0.4) is 0 Å². The lowest BCUT2D eigenvalue weighted by molar-refractivity contribution is 0.562. The van der Waals surface area contributed by atoms with Crippen LogP contribution in [0.4, 0.5) is 5.69 Å². The summed E-state index contributed by atoms with van der Waals surface area (Å²) < 4.78 is 45.9. The van der Waals surface area contributed by atoms with E-state index in [1.54, 1.807) is 43.3 Å². The number of para-hydroxylation sites is 1. The number of anilines is 1. The van der Waals surface area contributed by atoms with Crippen LogP contribution in [0, 0.1) is 0 Å². The third-order valence-electron chi connectivity index (χ3n) is 3.11. The smallest absolute Gasteiger partial charge is 0.266 e. The highest BCUT2D eigenvalue weighted by Crippen LogP contribution is 2.29. The van der Waals surface area contributed by atoms with E-state index in [0.717, 1.165) is 9.87 Å². The van der Waals surface area contributed by atoms with Crippen molar-refractivity contribution in [2.45, 2.75) is 11.8 Å². The molecule has 0 amide bonds. The van der Waals surface area contributed by atoms with Gasteiger partial charge in [-0.05, 0) is 42.8 Å². The van der Waals surface area contributed by atoms with E-state index in [0.29, 0.717) is 10.7 Å². The zero-order chi connectivity index (χ0) is 17.9. The van der Waals surface area contributed by atoms with Crippen LogP contribution in [-0.2, 0) is 21.3 Å². The number of nitrogens with zero attached hydrogens (tertiary/aromatic N) is 1. The fraction of sp³-hybridized carbons (Fsp3) is 0.0667. The molecule has 0 aliphatic rings. The van der Waals surface area contributed by atoms with Gasteiger partial charge in [0.15, 0.2) is 0 Å². The quantitative estimate of drug-likeness (QED) is 0.771. The maximum absolute atomic E-state index is 11.8. The first-order chi connectivity index (χ1) is 11.2. The molecule has 0 fully saturated rings. The molecule has 1 atom stereocenters. The lowest BCUT2D eigenvalue weighted by atomic mass is 10.2. The van der Waals surface area contributed by atoms with Crippen molar-refractivity contribution in [3.63, 3.8) is 0 Å². The van der Waals surface area contributed by atoms with Gasteiger partial charge in [-0.25, -0.2) is 22.1 Å². The third kappa shape index (κ3) is 4.43. The molecule has 0 saturated heterocycles. The Labute approximate surface area is 148 Å². The number of rotatable bonds is 5. The highest BCUT2D eigenvalue weighted by molar-refractivity contribution is 7.89. The maximum Gasteiger partial charge on any atom is 0.266 e. The minimum Gasteiger partial charge on any atom is -0.289 e. The van der Waals surface area contributed by atoms with E-state index in [1.165, 1.54) is 18.2 Å². The van der Waals surface area contributed by atoms with Crippen LogP contribution in [0.2, 0.25) is 5.02 Å². The molecule has 0 aromatic heterocycles. The summed E-state index contributed by atoms with van der Waals surface area (Å²) in [5.74, 6) is 0. The molecule has 0 aliphatic heterocycles. The Morgan fingerprint density at radius 3 is 2.33 bits per heavy atom. The van der Waals surface area contributed by atoms with Crippen molar-refractivity contribution < 1.29 is 17.2 Å². The second-order valence-electron chi connectivity index (χ2n) is 4.88. The molecule has 9 heteroatoms. The van der Waals surface area contributed by atoms with Gasteiger partial charge >= 0.3 is 0 Å². The number of sulfonamides is 1. The maximum atomic E-state index is 11.8. The van der Waals surface area contributed by atoms with Crippen LogP contribution in [-0.4, -0.2) is 17.2 Å². The highest BCUT2D eigenvalue weighted by Gasteiger charge is 2.22. The molecule has 0 aliphatic carbocycles. The minimum absolute atomic E-state index is 0.0172. The van der Waals surface area contributed by atoms with Gasteiger partial charge < -0.3 is 0 Å². The monoisotopic (exact) mass is 386 g/mol. The van der Waals surface area contributed by atoms with Crippen LogP contribution in [0.1, 0.15) is 12.5 Å². The van der Waals surface area contributed by atoms with Gasteiger partial charge in [0.05, 0.1) is 5.69 Å². The summed E-state index contributed by atoms with van der Waals surface area (Å²) in [5.41, 5.74) is 1.11. The molecule has 128 valence electrons. The Balaban J connectivity index is 2.55. The summed E-state index contributed by atoms with van der Waals surface area (Å²) in [6.07, 6.45) is 1.63. The fourth-order valence-corrected chi connectivity index (χ4v) is 3.65. The normalized spacial score (nSPS) is 13.6. The molecule has 0 heterocycles. The molecule has 0 bridgehead atoms. The van der Waals surface area contributed by atoms with Crippen LogP contribution in [0.15, 0.2) is 59.1 Å². The fourth-order valence-electron chi connectivity index (χ4n) is 2.12. The molecule has 2 aromatic rings. The van der Waals surface area contributed by atoms with E-state index in [1.807, 2.05) is 0 Å². The molecule has 6 nitrogen and oxygen atoms in total. The SMILES string of the molecule is C/C(=C/c1ccc(Cl)cc1)N(c1ccccc1S(N)(=O)=O)S(=O)O. The molecular formula is C15H15ClN2O4S2. The number of benzene rings is 2. The number of hydrogen-bond donors (Lipinski definition) is 2. The number of allylic oxidation sites excluding steroid dienone is 1. The highest BCUT2D eigenvalue weighted by atomic mass is 35.5. The zero-order valence-corrected chi connectivity index (χ0v) is 15.0. The standard InChI is InChI=1S/C15H15ClN2O4S2/c1-11(10-12-6-8-13(16)9-7-12)18(23(19)20)14-4-2-3-5-15(14)24(17,21)22/h2-10H,1H3,(H,19,20)(H2,17,21,22)/b11-10-. The van der Waals surface area contributed by atoms with Crippen molar-refractivity contribution in [2.75, 3.05) is 4.31 Å². The lowest BCUT2D eigenvalue weighted by Gasteiger charge is -2.22. The van der Waals surface area contributed by atoms with E-state index in [2.05, 4.69) is 0 Å². The van der Waals surface area contributed by atoms with Gasteiger partial charge in [-0.15, -0.1) is 0 Å². The summed E-state index contributed by atoms with van der Waals surface area (Å²) >= 11 is 3.34. The Hall–Kier alpha value is -1.71. The number of hydrogen-bond acceptors (Lipinski definition) is 3. The van der Waals surface area contributed by atoms with Crippen molar-refractivity contribution in [1.29, 1.82) is 0 Å². The minimum atomic E-state index is -4.06. The van der Waals surface area contributed by atoms with Crippen LogP contribution in [0.5, 0.6) is 0 Å². The number of primary sulfonamides is 1. The lowest BCUT2D eigenvalue weighted by Crippen LogP contribution is -2.26. The first-order valence-corrected chi connectivity index (χ1v) is 9.66. The van der Waals surface area contributed by atoms with E-state index in [-0.39, 0.29) is 10.6 Å². The van der Waals surface area contributed by atoms with Crippen molar-refractivity contribution in [3.05, 3.63) is 64.8 Å². The molecule has 3 N–H and O–H groups in total. The Bertz CT molecular complexity index is 896. The van der Waals surface area contributed by atoms with Crippen molar-refractivity contribution >= 4 is 44.7 Å². The molecule has 0 radical (unpaired) electrons. The summed E-state index contributed by atoms with van der Waals surface area (Å²) in [5, 5.41) is 5.76. The molecule has 0 spiro atoms. The largest absolute Gasteiger partial charge is 0.289 e. The van der Waals surface area contributed by atoms with Gasteiger partial charge in [-0.2, -0.15) is 0 Å². The first kappa shape index (κ1) is 18.6. The van der Waals surface area contributed by atoms with Gasteiger partial charge in [0.2, 0.25) is 10.0 Å². The van der Waals surface area contributed by atoms with E-state index < -0.39 is 21.3 Å². The van der Waals surface area contributed by atoms with Crippen LogP contribution < -0.4 is 9.44 Å². The van der Waals surface area contributed by atoms with Gasteiger partial charge in [0.25, 0.3) is 11.3 Å². The molecule has 1 unspecified atom stereocenters. The molecule has 2 rings (SSSR count).